The largest absolute Gasteiger partial charge is 0.462 e. The first-order chi connectivity index (χ1) is 9.11. The number of benzene rings is 1. The Morgan fingerprint density at radius 3 is 2.58 bits per heavy atom. The van der Waals surface area contributed by atoms with Crippen molar-refractivity contribution >= 4 is 17.6 Å². The lowest BCUT2D eigenvalue weighted by Crippen LogP contribution is -2.08. The Labute approximate surface area is 117 Å². The minimum absolute atomic E-state index is 0.344. The highest BCUT2D eigenvalue weighted by atomic mass is 35.5. The minimum Gasteiger partial charge on any atom is -0.462 e. The van der Waals surface area contributed by atoms with Crippen molar-refractivity contribution in [3.05, 3.63) is 52.8 Å². The summed E-state index contributed by atoms with van der Waals surface area (Å²) in [6, 6.07) is 9.19. The third-order valence-corrected chi connectivity index (χ3v) is 3.01. The van der Waals surface area contributed by atoms with Crippen LogP contribution >= 0.6 is 11.6 Å². The molecule has 0 aliphatic carbocycles. The molecule has 0 saturated carbocycles. The molecular formula is C15H14ClNO2. The molecule has 1 aromatic heterocycles. The lowest BCUT2D eigenvalue weighted by Gasteiger charge is -2.08. The van der Waals surface area contributed by atoms with Gasteiger partial charge in [-0.25, -0.2) is 4.79 Å². The first-order valence-corrected chi connectivity index (χ1v) is 6.39. The summed E-state index contributed by atoms with van der Waals surface area (Å²) in [7, 11) is 0. The number of nitrogens with zero attached hydrogens (tertiary/aromatic N) is 1. The van der Waals surface area contributed by atoms with E-state index in [0.717, 1.165) is 11.1 Å². The van der Waals surface area contributed by atoms with Gasteiger partial charge in [0.2, 0.25) is 0 Å². The first-order valence-electron chi connectivity index (χ1n) is 6.01. The van der Waals surface area contributed by atoms with Crippen LogP contribution < -0.4 is 0 Å². The van der Waals surface area contributed by atoms with Crippen LogP contribution in [0.1, 0.15) is 23.0 Å². The van der Waals surface area contributed by atoms with Gasteiger partial charge in [-0.3, -0.25) is 4.98 Å². The van der Waals surface area contributed by atoms with Crippen LogP contribution in [0.15, 0.2) is 36.5 Å². The van der Waals surface area contributed by atoms with Crippen molar-refractivity contribution in [1.29, 1.82) is 0 Å². The average Bonchev–Trinajstić information content (AvgIpc) is 2.40. The molecule has 1 aromatic carbocycles. The summed E-state index contributed by atoms with van der Waals surface area (Å²) >= 11 is 5.86. The number of aromatic nitrogens is 1. The number of aryl methyl sites for hydroxylation is 1. The minimum atomic E-state index is -0.344. The van der Waals surface area contributed by atoms with Crippen LogP contribution in [0.3, 0.4) is 0 Å². The highest BCUT2D eigenvalue weighted by molar-refractivity contribution is 6.30. The van der Waals surface area contributed by atoms with Crippen LogP contribution in [-0.4, -0.2) is 17.6 Å². The highest BCUT2D eigenvalue weighted by Crippen LogP contribution is 2.23. The molecule has 0 fully saturated rings. The van der Waals surface area contributed by atoms with Gasteiger partial charge in [0, 0.05) is 16.8 Å². The number of carbonyl (C=O) groups is 1. The van der Waals surface area contributed by atoms with Gasteiger partial charge in [-0.05, 0) is 37.6 Å². The summed E-state index contributed by atoms with van der Waals surface area (Å²) in [5, 5.41) is 0.675. The predicted octanol–water partition coefficient (Wildman–Crippen LogP) is 3.89. The molecule has 3 nitrogen and oxygen atoms in total. The molecule has 0 aliphatic rings. The maximum atomic E-state index is 11.8. The topological polar surface area (TPSA) is 39.2 Å². The van der Waals surface area contributed by atoms with Gasteiger partial charge in [0.1, 0.15) is 0 Å². The summed E-state index contributed by atoms with van der Waals surface area (Å²) in [6.07, 6.45) is 1.74. The fraction of sp³-hybridized carbons (Fsp3) is 0.200. The van der Waals surface area contributed by atoms with E-state index in [1.807, 2.05) is 12.1 Å². The fourth-order valence-electron chi connectivity index (χ4n) is 1.75. The van der Waals surface area contributed by atoms with Crippen LogP contribution in [0.25, 0.3) is 11.1 Å². The van der Waals surface area contributed by atoms with Crippen molar-refractivity contribution in [2.24, 2.45) is 0 Å². The maximum absolute atomic E-state index is 11.8. The molecule has 0 unspecified atom stereocenters. The predicted molar refractivity (Wildman–Crippen MR) is 75.4 cm³/mol. The number of hydrogen-bond donors (Lipinski definition) is 0. The van der Waals surface area contributed by atoms with E-state index in [1.54, 1.807) is 38.2 Å². The molecule has 0 radical (unpaired) electrons. The highest BCUT2D eigenvalue weighted by Gasteiger charge is 2.12. The number of pyridine rings is 1. The third-order valence-electron chi connectivity index (χ3n) is 2.76. The Bertz CT molecular complexity index is 594. The molecule has 0 bridgehead atoms. The average molecular weight is 276 g/mol. The summed E-state index contributed by atoms with van der Waals surface area (Å²) in [6.45, 7) is 3.92. The molecular weight excluding hydrogens is 262 g/mol. The smallest absolute Gasteiger partial charge is 0.339 e. The summed E-state index contributed by atoms with van der Waals surface area (Å²) < 4.78 is 5.02. The molecule has 0 amide bonds. The van der Waals surface area contributed by atoms with E-state index in [0.29, 0.717) is 22.9 Å². The summed E-state index contributed by atoms with van der Waals surface area (Å²) in [4.78, 5) is 16.1. The zero-order chi connectivity index (χ0) is 13.8. The summed E-state index contributed by atoms with van der Waals surface area (Å²) in [5.74, 6) is -0.344. The lowest BCUT2D eigenvalue weighted by atomic mass is 10.0. The zero-order valence-electron chi connectivity index (χ0n) is 10.8. The zero-order valence-corrected chi connectivity index (χ0v) is 11.6. The maximum Gasteiger partial charge on any atom is 0.339 e. The van der Waals surface area contributed by atoms with Crippen LogP contribution in [0.5, 0.6) is 0 Å². The third kappa shape index (κ3) is 3.12. The monoisotopic (exact) mass is 275 g/mol. The Morgan fingerprint density at radius 1 is 1.26 bits per heavy atom. The first kappa shape index (κ1) is 13.6. The van der Waals surface area contributed by atoms with Crippen LogP contribution in [0.2, 0.25) is 5.02 Å². The van der Waals surface area contributed by atoms with Gasteiger partial charge in [0.15, 0.2) is 0 Å². The number of esters is 1. The van der Waals surface area contributed by atoms with E-state index in [9.17, 15) is 4.79 Å². The van der Waals surface area contributed by atoms with E-state index in [1.165, 1.54) is 0 Å². The molecule has 0 spiro atoms. The normalized spacial score (nSPS) is 10.3. The van der Waals surface area contributed by atoms with E-state index in [-0.39, 0.29) is 5.97 Å². The molecule has 4 heteroatoms. The van der Waals surface area contributed by atoms with Crippen LogP contribution in [-0.2, 0) is 4.74 Å². The van der Waals surface area contributed by atoms with Crippen LogP contribution in [0, 0.1) is 6.92 Å². The van der Waals surface area contributed by atoms with Crippen LogP contribution in [0.4, 0.5) is 0 Å². The SMILES string of the molecule is CCOC(=O)c1cc(-c2ccc(Cl)cc2)cnc1C. The molecule has 0 saturated heterocycles. The van der Waals surface area contributed by atoms with E-state index in [4.69, 9.17) is 16.3 Å². The molecule has 0 atom stereocenters. The van der Waals surface area contributed by atoms with Gasteiger partial charge in [0.05, 0.1) is 17.9 Å². The number of rotatable bonds is 3. The van der Waals surface area contributed by atoms with Crippen molar-refractivity contribution in [3.8, 4) is 11.1 Å². The fourth-order valence-corrected chi connectivity index (χ4v) is 1.87. The second kappa shape index (κ2) is 5.85. The van der Waals surface area contributed by atoms with Gasteiger partial charge in [-0.1, -0.05) is 23.7 Å². The van der Waals surface area contributed by atoms with Gasteiger partial charge in [0.25, 0.3) is 0 Å². The molecule has 0 aliphatic heterocycles. The van der Waals surface area contributed by atoms with E-state index >= 15 is 0 Å². The molecule has 19 heavy (non-hydrogen) atoms. The number of hydrogen-bond acceptors (Lipinski definition) is 3. The van der Waals surface area contributed by atoms with Crippen molar-refractivity contribution in [2.45, 2.75) is 13.8 Å². The van der Waals surface area contributed by atoms with E-state index < -0.39 is 0 Å². The lowest BCUT2D eigenvalue weighted by molar-refractivity contribution is 0.0525. The van der Waals surface area contributed by atoms with Gasteiger partial charge < -0.3 is 4.74 Å². The molecule has 2 rings (SSSR count). The second-order valence-electron chi connectivity index (χ2n) is 4.08. The molecule has 0 N–H and O–H groups in total. The summed E-state index contributed by atoms with van der Waals surface area (Å²) in [5.41, 5.74) is 2.98. The van der Waals surface area contributed by atoms with Crippen molar-refractivity contribution in [2.75, 3.05) is 6.61 Å². The van der Waals surface area contributed by atoms with Gasteiger partial charge >= 0.3 is 5.97 Å². The Hall–Kier alpha value is -1.87. The Morgan fingerprint density at radius 2 is 1.95 bits per heavy atom. The number of ether oxygens (including phenoxy) is 1. The van der Waals surface area contributed by atoms with Crippen molar-refractivity contribution in [1.82, 2.24) is 4.98 Å². The number of carbonyl (C=O) groups excluding carboxylic acids is 1. The Kier molecular flexibility index (Phi) is 4.17. The van der Waals surface area contributed by atoms with Crippen molar-refractivity contribution in [3.63, 3.8) is 0 Å². The molecule has 1 heterocycles. The van der Waals surface area contributed by atoms with Gasteiger partial charge in [-0.15, -0.1) is 0 Å². The van der Waals surface area contributed by atoms with Gasteiger partial charge in [-0.2, -0.15) is 0 Å². The Balaban J connectivity index is 2.40. The number of halogens is 1. The van der Waals surface area contributed by atoms with E-state index in [2.05, 4.69) is 4.98 Å². The van der Waals surface area contributed by atoms with Crippen molar-refractivity contribution < 1.29 is 9.53 Å². The standard InChI is InChI=1S/C15H14ClNO2/c1-3-19-15(18)14-8-12(9-17-10(14)2)11-4-6-13(16)7-5-11/h4-9H,3H2,1-2H3. The molecule has 98 valence electrons. The quantitative estimate of drug-likeness (QED) is 0.798. The molecule has 2 aromatic rings. The second-order valence-corrected chi connectivity index (χ2v) is 4.52.